The van der Waals surface area contributed by atoms with Crippen molar-refractivity contribution >= 4 is 40.5 Å². The van der Waals surface area contributed by atoms with E-state index < -0.39 is 0 Å². The molecule has 0 radical (unpaired) electrons. The Morgan fingerprint density at radius 1 is 1.40 bits per heavy atom. The predicted molar refractivity (Wildman–Crippen MR) is 68.7 cm³/mol. The zero-order chi connectivity index (χ0) is 11.3. The molecule has 0 aliphatic carbocycles. The van der Waals surface area contributed by atoms with Gasteiger partial charge in [0.1, 0.15) is 6.61 Å². The van der Waals surface area contributed by atoms with Crippen molar-refractivity contribution in [2.24, 2.45) is 0 Å². The van der Waals surface area contributed by atoms with Crippen LogP contribution in [-0.2, 0) is 4.74 Å². The molecule has 0 heterocycles. The maximum absolute atomic E-state index is 5.75. The maximum Gasteiger partial charge on any atom is 0.191 e. The van der Waals surface area contributed by atoms with E-state index in [9.17, 15) is 0 Å². The van der Waals surface area contributed by atoms with Crippen LogP contribution in [0.5, 0.6) is 0 Å². The Morgan fingerprint density at radius 2 is 2.00 bits per heavy atom. The zero-order valence-electron chi connectivity index (χ0n) is 8.17. The van der Waals surface area contributed by atoms with Crippen molar-refractivity contribution in [2.75, 3.05) is 6.61 Å². The van der Waals surface area contributed by atoms with Crippen molar-refractivity contribution in [1.29, 1.82) is 0 Å². The van der Waals surface area contributed by atoms with E-state index >= 15 is 0 Å². The number of ether oxygens (including phenoxy) is 1. The van der Waals surface area contributed by atoms with E-state index in [0.29, 0.717) is 21.7 Å². The van der Waals surface area contributed by atoms with Crippen LogP contribution in [-0.4, -0.2) is 11.7 Å². The molecule has 0 aliphatic rings. The molecule has 0 saturated carbocycles. The minimum absolute atomic E-state index is 0.386. The van der Waals surface area contributed by atoms with Gasteiger partial charge in [-0.15, -0.1) is 0 Å². The molecule has 0 saturated heterocycles. The summed E-state index contributed by atoms with van der Waals surface area (Å²) in [6.07, 6.45) is 1.75. The zero-order valence-corrected chi connectivity index (χ0v) is 10.5. The Balaban J connectivity index is 2.54. The van der Waals surface area contributed by atoms with E-state index in [2.05, 4.69) is 0 Å². The summed E-state index contributed by atoms with van der Waals surface area (Å²) < 4.78 is 5.31. The smallest absolute Gasteiger partial charge is 0.191 e. The quantitative estimate of drug-likeness (QED) is 0.755. The SMILES string of the molecule is CC(Cl)=CCOC(=S)c1ccc(Cl)cc1. The van der Waals surface area contributed by atoms with Crippen LogP contribution in [0.3, 0.4) is 0 Å². The molecular weight excluding hydrogens is 251 g/mol. The van der Waals surface area contributed by atoms with Crippen molar-refractivity contribution in [1.82, 2.24) is 0 Å². The molecule has 1 aromatic rings. The van der Waals surface area contributed by atoms with Crippen LogP contribution >= 0.6 is 35.4 Å². The Hall–Kier alpha value is -0.570. The van der Waals surface area contributed by atoms with Gasteiger partial charge in [0.2, 0.25) is 0 Å². The minimum Gasteiger partial charge on any atom is -0.479 e. The van der Waals surface area contributed by atoms with Gasteiger partial charge in [-0.25, -0.2) is 0 Å². The van der Waals surface area contributed by atoms with Gasteiger partial charge in [0.25, 0.3) is 0 Å². The highest BCUT2D eigenvalue weighted by atomic mass is 35.5. The molecule has 0 fully saturated rings. The fourth-order valence-corrected chi connectivity index (χ4v) is 1.29. The van der Waals surface area contributed by atoms with Gasteiger partial charge in [-0.05, 0) is 49.5 Å². The summed E-state index contributed by atoms with van der Waals surface area (Å²) in [5, 5.41) is 1.81. The summed E-state index contributed by atoms with van der Waals surface area (Å²) in [6.45, 7) is 2.17. The second kappa shape index (κ2) is 6.11. The van der Waals surface area contributed by atoms with E-state index in [1.807, 2.05) is 12.1 Å². The van der Waals surface area contributed by atoms with Crippen LogP contribution in [0.15, 0.2) is 35.4 Å². The fraction of sp³-hybridized carbons (Fsp3) is 0.182. The van der Waals surface area contributed by atoms with E-state index in [-0.39, 0.29) is 0 Å². The van der Waals surface area contributed by atoms with Crippen molar-refractivity contribution < 1.29 is 4.74 Å². The molecule has 0 unspecified atom stereocenters. The summed E-state index contributed by atoms with van der Waals surface area (Å²) >= 11 is 16.5. The van der Waals surface area contributed by atoms with Crippen molar-refractivity contribution in [2.45, 2.75) is 6.92 Å². The molecule has 0 aromatic heterocycles. The summed E-state index contributed by atoms with van der Waals surface area (Å²) in [4.78, 5) is 0. The lowest BCUT2D eigenvalue weighted by Crippen LogP contribution is -2.03. The Labute approximate surface area is 105 Å². The number of halogens is 2. The van der Waals surface area contributed by atoms with Crippen LogP contribution in [0, 0.1) is 0 Å². The summed E-state index contributed by atoms with van der Waals surface area (Å²) in [6, 6.07) is 7.19. The lowest BCUT2D eigenvalue weighted by molar-refractivity contribution is 0.361. The summed E-state index contributed by atoms with van der Waals surface area (Å²) in [7, 11) is 0. The highest BCUT2D eigenvalue weighted by Gasteiger charge is 2.00. The Bertz CT molecular complexity index is 367. The number of thiocarbonyl (C=S) groups is 1. The predicted octanol–water partition coefficient (Wildman–Crippen LogP) is 4.17. The van der Waals surface area contributed by atoms with Gasteiger partial charge >= 0.3 is 0 Å². The van der Waals surface area contributed by atoms with Crippen molar-refractivity contribution in [3.05, 3.63) is 46.0 Å². The third-order valence-corrected chi connectivity index (χ3v) is 2.42. The van der Waals surface area contributed by atoms with E-state index in [0.717, 1.165) is 5.56 Å². The third-order valence-electron chi connectivity index (χ3n) is 1.66. The van der Waals surface area contributed by atoms with E-state index in [1.165, 1.54) is 0 Å². The second-order valence-electron chi connectivity index (χ2n) is 2.90. The molecule has 0 aliphatic heterocycles. The lowest BCUT2D eigenvalue weighted by Gasteiger charge is -2.04. The molecule has 0 spiro atoms. The first-order valence-corrected chi connectivity index (χ1v) is 5.51. The Morgan fingerprint density at radius 3 is 2.53 bits per heavy atom. The summed E-state index contributed by atoms with van der Waals surface area (Å²) in [5.74, 6) is 0. The van der Waals surface area contributed by atoms with Crippen LogP contribution in [0.25, 0.3) is 0 Å². The molecule has 80 valence electrons. The van der Waals surface area contributed by atoms with Crippen LogP contribution in [0.2, 0.25) is 5.02 Å². The number of hydrogen-bond donors (Lipinski definition) is 0. The van der Waals surface area contributed by atoms with Gasteiger partial charge in [-0.3, -0.25) is 0 Å². The number of allylic oxidation sites excluding steroid dienone is 1. The van der Waals surface area contributed by atoms with Crippen molar-refractivity contribution in [3.8, 4) is 0 Å². The molecule has 0 N–H and O–H groups in total. The molecule has 1 rings (SSSR count). The van der Waals surface area contributed by atoms with Gasteiger partial charge in [-0.1, -0.05) is 23.2 Å². The topological polar surface area (TPSA) is 9.23 Å². The molecule has 4 heteroatoms. The van der Waals surface area contributed by atoms with Gasteiger partial charge in [-0.2, -0.15) is 0 Å². The normalized spacial score (nSPS) is 11.3. The monoisotopic (exact) mass is 260 g/mol. The third kappa shape index (κ3) is 4.65. The number of hydrogen-bond acceptors (Lipinski definition) is 2. The molecular formula is C11H10Cl2OS. The number of benzene rings is 1. The average molecular weight is 261 g/mol. The number of rotatable bonds is 3. The van der Waals surface area contributed by atoms with Crippen LogP contribution in [0.1, 0.15) is 12.5 Å². The molecule has 0 bridgehead atoms. The highest BCUT2D eigenvalue weighted by molar-refractivity contribution is 7.80. The van der Waals surface area contributed by atoms with Gasteiger partial charge in [0.05, 0.1) is 0 Å². The Kier molecular flexibility index (Phi) is 5.09. The van der Waals surface area contributed by atoms with Crippen LogP contribution < -0.4 is 0 Å². The highest BCUT2D eigenvalue weighted by Crippen LogP contribution is 2.11. The van der Waals surface area contributed by atoms with Gasteiger partial charge < -0.3 is 4.74 Å². The van der Waals surface area contributed by atoms with Crippen molar-refractivity contribution in [3.63, 3.8) is 0 Å². The van der Waals surface area contributed by atoms with E-state index in [4.69, 9.17) is 40.2 Å². The molecule has 0 amide bonds. The summed E-state index contributed by atoms with van der Waals surface area (Å²) in [5.41, 5.74) is 0.843. The first-order valence-electron chi connectivity index (χ1n) is 4.34. The van der Waals surface area contributed by atoms with E-state index in [1.54, 1.807) is 25.1 Å². The fourth-order valence-electron chi connectivity index (χ4n) is 0.901. The molecule has 1 aromatic carbocycles. The lowest BCUT2D eigenvalue weighted by atomic mass is 10.2. The first-order chi connectivity index (χ1) is 7.09. The maximum atomic E-state index is 5.75. The molecule has 15 heavy (non-hydrogen) atoms. The van der Waals surface area contributed by atoms with Gasteiger partial charge in [0.15, 0.2) is 5.05 Å². The minimum atomic E-state index is 0.386. The standard InChI is InChI=1S/C11H10Cl2OS/c1-8(12)6-7-14-11(15)9-2-4-10(13)5-3-9/h2-6H,7H2,1H3. The first kappa shape index (κ1) is 12.5. The second-order valence-corrected chi connectivity index (χ2v) is 4.30. The van der Waals surface area contributed by atoms with Gasteiger partial charge in [0, 0.05) is 15.6 Å². The molecule has 1 nitrogen and oxygen atoms in total. The average Bonchev–Trinajstić information content (AvgIpc) is 2.18. The van der Waals surface area contributed by atoms with Crippen LogP contribution in [0.4, 0.5) is 0 Å². The molecule has 0 atom stereocenters. The largest absolute Gasteiger partial charge is 0.479 e.